The Kier molecular flexibility index (Phi) is 10.4. The number of carbonyl (C=O) groups is 4. The Hall–Kier alpha value is -3.39. The van der Waals surface area contributed by atoms with Crippen LogP contribution in [0.2, 0.25) is 0 Å². The molecule has 0 aromatic heterocycles. The summed E-state index contributed by atoms with van der Waals surface area (Å²) >= 11 is 0. The van der Waals surface area contributed by atoms with E-state index in [1.807, 2.05) is 24.3 Å². The lowest BCUT2D eigenvalue weighted by molar-refractivity contribution is -0.145. The number of ether oxygens (including phenoxy) is 2. The molecule has 3 aliphatic rings. The number of likely N-dealkylation sites (N-methyl/N-ethyl adjacent to an activating group) is 1. The number of nitrogens with one attached hydrogen (secondary N) is 2. The van der Waals surface area contributed by atoms with Gasteiger partial charge in [-0.2, -0.15) is 4.31 Å². The molecule has 0 saturated carbocycles. The zero-order valence-corrected chi connectivity index (χ0v) is 28.1. The topological polar surface area (TPSA) is 155 Å². The van der Waals surface area contributed by atoms with Crippen molar-refractivity contribution < 1.29 is 37.1 Å². The number of fused-ring (bicyclic) bond motifs is 2. The van der Waals surface area contributed by atoms with Crippen LogP contribution in [-0.4, -0.2) is 108 Å². The monoisotopic (exact) mass is 649 g/mol. The molecule has 3 aliphatic heterocycles. The van der Waals surface area contributed by atoms with Crippen LogP contribution in [0.1, 0.15) is 78.8 Å². The zero-order chi connectivity index (χ0) is 33.3. The maximum Gasteiger partial charge on any atom is 0.410 e. The second-order valence-corrected chi connectivity index (χ2v) is 15.8. The van der Waals surface area contributed by atoms with Gasteiger partial charge < -0.3 is 25.0 Å². The Balaban J connectivity index is 1.57. The van der Waals surface area contributed by atoms with Crippen LogP contribution in [-0.2, 0) is 29.1 Å². The van der Waals surface area contributed by atoms with Crippen LogP contribution in [0, 0.1) is 0 Å². The number of hydrogen-bond donors (Lipinski definition) is 2. The highest BCUT2D eigenvalue weighted by Crippen LogP contribution is 2.34. The van der Waals surface area contributed by atoms with Gasteiger partial charge in [-0.1, -0.05) is 18.2 Å². The van der Waals surface area contributed by atoms with E-state index in [0.717, 1.165) is 10.5 Å². The van der Waals surface area contributed by atoms with Crippen molar-refractivity contribution in [2.75, 3.05) is 26.7 Å². The first kappa shape index (κ1) is 34.5. The number of nitrogens with zero attached hydrogens (tertiary/aromatic N) is 3. The Bertz CT molecular complexity index is 1390. The number of rotatable bonds is 7. The quantitative estimate of drug-likeness (QED) is 0.456. The minimum atomic E-state index is -3.77. The lowest BCUT2D eigenvalue weighted by Gasteiger charge is -2.39. The molecule has 13 nitrogen and oxygen atoms in total. The molecule has 0 unspecified atom stereocenters. The number of benzene rings is 1. The zero-order valence-electron chi connectivity index (χ0n) is 27.2. The van der Waals surface area contributed by atoms with Crippen LogP contribution in [0.4, 0.5) is 4.79 Å². The molecular weight excluding hydrogens is 602 g/mol. The van der Waals surface area contributed by atoms with Crippen LogP contribution in [0.15, 0.2) is 24.3 Å². The third-order valence-corrected chi connectivity index (χ3v) is 10.9. The molecule has 14 heteroatoms. The van der Waals surface area contributed by atoms with Gasteiger partial charge >= 0.3 is 6.09 Å². The van der Waals surface area contributed by atoms with E-state index in [0.29, 0.717) is 38.0 Å². The molecule has 3 heterocycles. The summed E-state index contributed by atoms with van der Waals surface area (Å²) in [5.74, 6) is -0.780. The minimum absolute atomic E-state index is 0.135. The predicted octanol–water partition coefficient (Wildman–Crippen LogP) is 2.17. The average Bonchev–Trinajstić information content (AvgIpc) is 3.39. The Labute approximate surface area is 266 Å². The number of sulfonamides is 1. The Morgan fingerprint density at radius 3 is 2.38 bits per heavy atom. The summed E-state index contributed by atoms with van der Waals surface area (Å²) in [6.45, 7) is 10.0. The largest absolute Gasteiger partial charge is 0.493 e. The first-order valence-electron chi connectivity index (χ1n) is 15.6. The fraction of sp³-hybridized carbons (Fsp3) is 0.677. The summed E-state index contributed by atoms with van der Waals surface area (Å²) in [6.07, 6.45) is 1.14. The van der Waals surface area contributed by atoms with Gasteiger partial charge in [0, 0.05) is 38.2 Å². The van der Waals surface area contributed by atoms with E-state index in [2.05, 4.69) is 10.6 Å². The molecule has 0 radical (unpaired) electrons. The van der Waals surface area contributed by atoms with Crippen molar-refractivity contribution in [1.29, 1.82) is 0 Å². The van der Waals surface area contributed by atoms with E-state index in [1.54, 1.807) is 34.6 Å². The highest BCUT2D eigenvalue weighted by atomic mass is 32.2. The van der Waals surface area contributed by atoms with Gasteiger partial charge in [0.1, 0.15) is 29.5 Å². The summed E-state index contributed by atoms with van der Waals surface area (Å²) in [5.41, 5.74) is 0.0870. The highest BCUT2D eigenvalue weighted by molar-refractivity contribution is 7.89. The number of carbonyl (C=O) groups excluding carboxylic acids is 4. The molecule has 2 fully saturated rings. The van der Waals surface area contributed by atoms with Gasteiger partial charge in [-0.25, -0.2) is 13.2 Å². The highest BCUT2D eigenvalue weighted by Gasteiger charge is 2.47. The molecule has 250 valence electrons. The molecule has 2 saturated heterocycles. The van der Waals surface area contributed by atoms with Crippen LogP contribution in [0.5, 0.6) is 5.75 Å². The van der Waals surface area contributed by atoms with Crippen LogP contribution >= 0.6 is 0 Å². The van der Waals surface area contributed by atoms with Crippen LogP contribution in [0.25, 0.3) is 0 Å². The standard InChI is InChI=1S/C31H47N5O8S/c1-19(2)45(41,42)35-16-14-21-12-13-25(28(38)32-23-15-17-43-26-11-9-8-10-22(23)26)36(21)29(39)24(18-35)33-27(37)20(3)34(7)30(40)44-31(4,5)6/h8-11,19-21,23-25H,12-18H2,1-7H3,(H,32,38)(H,33,37)/t20-,21+,23+,24-,25-/m0/s1. The molecule has 0 aliphatic carbocycles. The molecular formula is C31H47N5O8S. The van der Waals surface area contributed by atoms with Crippen molar-refractivity contribution in [2.45, 2.75) is 108 Å². The van der Waals surface area contributed by atoms with Gasteiger partial charge in [0.2, 0.25) is 27.7 Å². The third kappa shape index (κ3) is 7.71. The van der Waals surface area contributed by atoms with Crippen LogP contribution < -0.4 is 15.4 Å². The lowest BCUT2D eigenvalue weighted by Crippen LogP contribution is -2.63. The molecule has 0 spiro atoms. The van der Waals surface area contributed by atoms with E-state index in [9.17, 15) is 27.6 Å². The molecule has 5 atom stereocenters. The Morgan fingerprint density at radius 1 is 1.02 bits per heavy atom. The fourth-order valence-electron chi connectivity index (χ4n) is 5.96. The lowest BCUT2D eigenvalue weighted by atomic mass is 10.00. The fourth-order valence-corrected chi connectivity index (χ4v) is 7.27. The van der Waals surface area contributed by atoms with E-state index in [1.165, 1.54) is 23.2 Å². The Morgan fingerprint density at radius 2 is 1.71 bits per heavy atom. The van der Waals surface area contributed by atoms with Crippen molar-refractivity contribution in [3.8, 4) is 5.75 Å². The van der Waals surface area contributed by atoms with Crippen molar-refractivity contribution in [1.82, 2.24) is 24.7 Å². The number of para-hydroxylation sites is 1. The summed E-state index contributed by atoms with van der Waals surface area (Å²) in [4.78, 5) is 56.8. The molecule has 1 aromatic rings. The van der Waals surface area contributed by atoms with E-state index >= 15 is 0 Å². The van der Waals surface area contributed by atoms with Gasteiger partial charge in [-0.3, -0.25) is 19.3 Å². The van der Waals surface area contributed by atoms with Gasteiger partial charge in [0.25, 0.3) is 0 Å². The summed E-state index contributed by atoms with van der Waals surface area (Å²) < 4.78 is 38.9. The summed E-state index contributed by atoms with van der Waals surface area (Å²) in [7, 11) is -2.36. The van der Waals surface area contributed by atoms with Crippen molar-refractivity contribution in [3.63, 3.8) is 0 Å². The molecule has 1 aromatic carbocycles. The van der Waals surface area contributed by atoms with Gasteiger partial charge in [0.05, 0.1) is 17.9 Å². The number of hydrogen-bond acceptors (Lipinski definition) is 8. The summed E-state index contributed by atoms with van der Waals surface area (Å²) in [5, 5.41) is 5.08. The van der Waals surface area contributed by atoms with Crippen molar-refractivity contribution in [2.24, 2.45) is 0 Å². The molecule has 2 N–H and O–H groups in total. The maximum atomic E-state index is 14.3. The van der Waals surface area contributed by atoms with Crippen molar-refractivity contribution >= 4 is 33.8 Å². The maximum absolute atomic E-state index is 14.3. The summed E-state index contributed by atoms with van der Waals surface area (Å²) in [6, 6.07) is 3.75. The minimum Gasteiger partial charge on any atom is -0.493 e. The predicted molar refractivity (Wildman–Crippen MR) is 167 cm³/mol. The van der Waals surface area contributed by atoms with Gasteiger partial charge in [-0.15, -0.1) is 0 Å². The smallest absolute Gasteiger partial charge is 0.410 e. The normalized spacial score (nSPS) is 24.8. The molecule has 0 bridgehead atoms. The average molecular weight is 650 g/mol. The molecule has 4 amide bonds. The van der Waals surface area contributed by atoms with Gasteiger partial charge in [-0.05, 0) is 66.9 Å². The third-order valence-electron chi connectivity index (χ3n) is 8.64. The van der Waals surface area contributed by atoms with E-state index < -0.39 is 56.9 Å². The SMILES string of the molecule is CC(C)S(=O)(=O)N1CC[C@H]2CC[C@@H](C(=O)N[C@@H]3CCOc4ccccc43)N2C(=O)[C@@H](NC(=O)[C@H](C)N(C)C(=O)OC(C)(C)C)C1. The van der Waals surface area contributed by atoms with Crippen LogP contribution in [0.3, 0.4) is 0 Å². The first-order chi connectivity index (χ1) is 21.0. The van der Waals surface area contributed by atoms with E-state index in [-0.39, 0.29) is 31.1 Å². The first-order valence-corrected chi connectivity index (χ1v) is 17.1. The molecule has 4 rings (SSSR count). The van der Waals surface area contributed by atoms with Crippen molar-refractivity contribution in [3.05, 3.63) is 29.8 Å². The van der Waals surface area contributed by atoms with E-state index in [4.69, 9.17) is 9.47 Å². The van der Waals surface area contributed by atoms with Gasteiger partial charge in [0.15, 0.2) is 0 Å². The second-order valence-electron chi connectivity index (χ2n) is 13.3. The molecule has 45 heavy (non-hydrogen) atoms. The second kappa shape index (κ2) is 13.5. The number of amides is 4.